The summed E-state index contributed by atoms with van der Waals surface area (Å²) in [6.07, 6.45) is 3.05. The average molecular weight is 332 g/mol. The number of nitrogens with zero attached hydrogens (tertiary/aromatic N) is 4. The number of likely N-dealkylation sites (N-methyl/N-ethyl adjacent to an activating group) is 1. The first-order valence-electron chi connectivity index (χ1n) is 6.05. The molecular formula is C13H19Cl2N5O. The van der Waals surface area contributed by atoms with Crippen LogP contribution in [0.3, 0.4) is 0 Å². The standard InChI is InChI=1S/C13H17N5O.2ClH/c1-10(7-14)17(2)13(19)11-4-3-5-12(6-11)18-9-15-8-16-18;;/h3-6,8-10H,7,14H2,1-2H3;2*1H. The average Bonchev–Trinajstić information content (AvgIpc) is 2.99. The van der Waals surface area contributed by atoms with Crippen LogP contribution in [0, 0.1) is 0 Å². The zero-order valence-electron chi connectivity index (χ0n) is 11.8. The van der Waals surface area contributed by atoms with Gasteiger partial charge in [0.15, 0.2) is 0 Å². The van der Waals surface area contributed by atoms with Crippen molar-refractivity contribution in [3.8, 4) is 5.69 Å². The fraction of sp³-hybridized carbons (Fsp3) is 0.308. The third-order valence-corrected chi connectivity index (χ3v) is 3.10. The molecule has 2 aromatic rings. The van der Waals surface area contributed by atoms with Crippen molar-refractivity contribution in [3.63, 3.8) is 0 Å². The molecule has 0 saturated heterocycles. The number of nitrogens with two attached hydrogens (primary N) is 1. The molecule has 1 heterocycles. The van der Waals surface area contributed by atoms with Gasteiger partial charge in [0, 0.05) is 25.2 Å². The van der Waals surface area contributed by atoms with Crippen molar-refractivity contribution in [2.75, 3.05) is 13.6 Å². The van der Waals surface area contributed by atoms with Crippen LogP contribution in [-0.4, -0.2) is 45.2 Å². The minimum Gasteiger partial charge on any atom is -0.338 e. The van der Waals surface area contributed by atoms with Gasteiger partial charge >= 0.3 is 0 Å². The van der Waals surface area contributed by atoms with Crippen molar-refractivity contribution in [2.45, 2.75) is 13.0 Å². The van der Waals surface area contributed by atoms with Gasteiger partial charge < -0.3 is 10.6 Å². The number of carbonyl (C=O) groups is 1. The largest absolute Gasteiger partial charge is 0.338 e. The van der Waals surface area contributed by atoms with Gasteiger partial charge in [-0.3, -0.25) is 4.79 Å². The van der Waals surface area contributed by atoms with Gasteiger partial charge in [0.1, 0.15) is 12.7 Å². The van der Waals surface area contributed by atoms with Crippen molar-refractivity contribution in [3.05, 3.63) is 42.5 Å². The normalized spacial score (nSPS) is 11.0. The zero-order valence-corrected chi connectivity index (χ0v) is 13.5. The van der Waals surface area contributed by atoms with Gasteiger partial charge in [0.05, 0.1) is 5.69 Å². The molecule has 0 bridgehead atoms. The van der Waals surface area contributed by atoms with E-state index in [9.17, 15) is 4.79 Å². The number of hydrogen-bond acceptors (Lipinski definition) is 4. The Kier molecular flexibility index (Phi) is 7.94. The fourth-order valence-corrected chi connectivity index (χ4v) is 1.68. The molecule has 1 unspecified atom stereocenters. The molecule has 0 aliphatic rings. The number of halogens is 2. The van der Waals surface area contributed by atoms with Gasteiger partial charge in [-0.1, -0.05) is 6.07 Å². The van der Waals surface area contributed by atoms with Crippen molar-refractivity contribution < 1.29 is 4.79 Å². The Morgan fingerprint density at radius 3 is 2.71 bits per heavy atom. The van der Waals surface area contributed by atoms with E-state index in [1.54, 1.807) is 35.1 Å². The summed E-state index contributed by atoms with van der Waals surface area (Å²) in [7, 11) is 1.75. The molecule has 0 saturated carbocycles. The summed E-state index contributed by atoms with van der Waals surface area (Å²) >= 11 is 0. The molecule has 6 nitrogen and oxygen atoms in total. The number of rotatable bonds is 4. The Labute approximate surface area is 136 Å². The maximum absolute atomic E-state index is 12.3. The highest BCUT2D eigenvalue weighted by Gasteiger charge is 2.16. The molecule has 8 heteroatoms. The van der Waals surface area contributed by atoms with Gasteiger partial charge in [-0.25, -0.2) is 9.67 Å². The number of aromatic nitrogens is 3. The molecule has 1 aromatic carbocycles. The molecule has 0 aliphatic carbocycles. The summed E-state index contributed by atoms with van der Waals surface area (Å²) < 4.78 is 1.61. The Hall–Kier alpha value is -1.63. The number of hydrogen-bond donors (Lipinski definition) is 1. The summed E-state index contributed by atoms with van der Waals surface area (Å²) in [6, 6.07) is 7.27. The molecule has 1 atom stereocenters. The lowest BCUT2D eigenvalue weighted by atomic mass is 10.1. The van der Waals surface area contributed by atoms with Crippen LogP contribution < -0.4 is 5.73 Å². The topological polar surface area (TPSA) is 77.0 Å². The van der Waals surface area contributed by atoms with E-state index in [1.165, 1.54) is 6.33 Å². The molecule has 1 amide bonds. The lowest BCUT2D eigenvalue weighted by molar-refractivity contribution is 0.0748. The van der Waals surface area contributed by atoms with Gasteiger partial charge in [0.2, 0.25) is 0 Å². The molecule has 21 heavy (non-hydrogen) atoms. The maximum atomic E-state index is 12.3. The molecular weight excluding hydrogens is 313 g/mol. The number of benzene rings is 1. The van der Waals surface area contributed by atoms with E-state index in [1.807, 2.05) is 19.1 Å². The summed E-state index contributed by atoms with van der Waals surface area (Å²) in [5, 5.41) is 4.04. The molecule has 2 rings (SSSR count). The predicted molar refractivity (Wildman–Crippen MR) is 86.5 cm³/mol. The lowest BCUT2D eigenvalue weighted by Gasteiger charge is -2.23. The van der Waals surface area contributed by atoms with E-state index in [2.05, 4.69) is 10.1 Å². The molecule has 2 N–H and O–H groups in total. The highest BCUT2D eigenvalue weighted by atomic mass is 35.5. The third-order valence-electron chi connectivity index (χ3n) is 3.10. The molecule has 0 aliphatic heterocycles. The quantitative estimate of drug-likeness (QED) is 0.921. The van der Waals surface area contributed by atoms with Crippen molar-refractivity contribution in [1.82, 2.24) is 19.7 Å². The minimum absolute atomic E-state index is 0. The second-order valence-electron chi connectivity index (χ2n) is 4.39. The third kappa shape index (κ3) is 4.42. The van der Waals surface area contributed by atoms with Crippen LogP contribution in [0.15, 0.2) is 36.9 Å². The second kappa shape index (κ2) is 8.61. The van der Waals surface area contributed by atoms with E-state index in [0.717, 1.165) is 5.69 Å². The van der Waals surface area contributed by atoms with Crippen LogP contribution >= 0.6 is 24.8 Å². The highest BCUT2D eigenvalue weighted by molar-refractivity contribution is 5.94. The maximum Gasteiger partial charge on any atom is 0.253 e. The zero-order chi connectivity index (χ0) is 13.8. The van der Waals surface area contributed by atoms with Crippen LogP contribution in [0.1, 0.15) is 17.3 Å². The number of amides is 1. The summed E-state index contributed by atoms with van der Waals surface area (Å²) in [6.45, 7) is 2.35. The van der Waals surface area contributed by atoms with Gasteiger partial charge in [-0.05, 0) is 25.1 Å². The molecule has 1 aromatic heterocycles. The minimum atomic E-state index is -0.0556. The van der Waals surface area contributed by atoms with Crippen LogP contribution in [0.4, 0.5) is 0 Å². The first-order valence-corrected chi connectivity index (χ1v) is 6.05. The van der Waals surface area contributed by atoms with E-state index in [4.69, 9.17) is 5.73 Å². The van der Waals surface area contributed by atoms with Crippen LogP contribution in [0.25, 0.3) is 5.69 Å². The predicted octanol–water partition coefficient (Wildman–Crippen LogP) is 1.53. The number of carbonyl (C=O) groups excluding carboxylic acids is 1. The van der Waals surface area contributed by atoms with Crippen molar-refractivity contribution in [2.24, 2.45) is 5.73 Å². The second-order valence-corrected chi connectivity index (χ2v) is 4.39. The van der Waals surface area contributed by atoms with Crippen LogP contribution in [-0.2, 0) is 0 Å². The van der Waals surface area contributed by atoms with Gasteiger partial charge in [0.25, 0.3) is 5.91 Å². The highest BCUT2D eigenvalue weighted by Crippen LogP contribution is 2.12. The Balaban J connectivity index is 0.00000200. The van der Waals surface area contributed by atoms with E-state index in [-0.39, 0.29) is 36.8 Å². The van der Waals surface area contributed by atoms with Crippen LogP contribution in [0.2, 0.25) is 0 Å². The molecule has 0 fully saturated rings. The smallest absolute Gasteiger partial charge is 0.253 e. The Morgan fingerprint density at radius 2 is 2.14 bits per heavy atom. The van der Waals surface area contributed by atoms with E-state index in [0.29, 0.717) is 12.1 Å². The summed E-state index contributed by atoms with van der Waals surface area (Å²) in [5.41, 5.74) is 6.99. The molecule has 116 valence electrons. The monoisotopic (exact) mass is 331 g/mol. The fourth-order valence-electron chi connectivity index (χ4n) is 1.68. The van der Waals surface area contributed by atoms with E-state index < -0.39 is 0 Å². The van der Waals surface area contributed by atoms with Crippen molar-refractivity contribution >= 4 is 30.7 Å². The first-order chi connectivity index (χ1) is 9.13. The van der Waals surface area contributed by atoms with Crippen molar-refractivity contribution in [1.29, 1.82) is 0 Å². The molecule has 0 radical (unpaired) electrons. The van der Waals surface area contributed by atoms with Gasteiger partial charge in [-0.15, -0.1) is 24.8 Å². The first kappa shape index (κ1) is 19.4. The Morgan fingerprint density at radius 1 is 1.43 bits per heavy atom. The SMILES string of the molecule is CC(CN)N(C)C(=O)c1cccc(-n2cncn2)c1.Cl.Cl. The molecule has 0 spiro atoms. The van der Waals surface area contributed by atoms with E-state index >= 15 is 0 Å². The summed E-state index contributed by atoms with van der Waals surface area (Å²) in [4.78, 5) is 17.8. The van der Waals surface area contributed by atoms with Gasteiger partial charge in [-0.2, -0.15) is 5.10 Å². The summed E-state index contributed by atoms with van der Waals surface area (Å²) in [5.74, 6) is -0.0556. The lowest BCUT2D eigenvalue weighted by Crippen LogP contribution is -2.39. The van der Waals surface area contributed by atoms with Crippen LogP contribution in [0.5, 0.6) is 0 Å². The Bertz CT molecular complexity index is 561.